The standard InChI is InChI=1S/C7H7ClFNO.ClH/c8-5-1-4(3-10)7(11)6(9)2-5;/h1-2,11H,3,10H2;1H. The van der Waals surface area contributed by atoms with Gasteiger partial charge in [0.15, 0.2) is 11.6 Å². The summed E-state index contributed by atoms with van der Waals surface area (Å²) >= 11 is 5.49. The largest absolute Gasteiger partial charge is 0.505 e. The van der Waals surface area contributed by atoms with Gasteiger partial charge in [-0.15, -0.1) is 12.4 Å². The van der Waals surface area contributed by atoms with Crippen molar-refractivity contribution >= 4 is 24.0 Å². The summed E-state index contributed by atoms with van der Waals surface area (Å²) in [5.74, 6) is -1.16. The number of halogens is 3. The fraction of sp³-hybridized carbons (Fsp3) is 0.143. The molecular formula is C7H8Cl2FNO. The number of hydrogen-bond acceptors (Lipinski definition) is 2. The van der Waals surface area contributed by atoms with E-state index in [1.807, 2.05) is 0 Å². The lowest BCUT2D eigenvalue weighted by Gasteiger charge is -2.02. The molecule has 0 atom stereocenters. The molecular weight excluding hydrogens is 204 g/mol. The van der Waals surface area contributed by atoms with Gasteiger partial charge in [0.25, 0.3) is 0 Å². The highest BCUT2D eigenvalue weighted by Gasteiger charge is 2.06. The van der Waals surface area contributed by atoms with Gasteiger partial charge in [-0.2, -0.15) is 0 Å². The second-order valence-electron chi connectivity index (χ2n) is 2.10. The summed E-state index contributed by atoms with van der Waals surface area (Å²) in [6.45, 7) is 0.0727. The summed E-state index contributed by atoms with van der Waals surface area (Å²) in [6.07, 6.45) is 0. The normalized spacial score (nSPS) is 9.25. The summed E-state index contributed by atoms with van der Waals surface area (Å²) in [5.41, 5.74) is 5.52. The van der Waals surface area contributed by atoms with Gasteiger partial charge in [0.05, 0.1) is 0 Å². The van der Waals surface area contributed by atoms with Gasteiger partial charge in [0.1, 0.15) is 0 Å². The lowest BCUT2D eigenvalue weighted by atomic mass is 10.2. The summed E-state index contributed by atoms with van der Waals surface area (Å²) in [5, 5.41) is 9.25. The average molecular weight is 212 g/mol. The number of aromatic hydroxyl groups is 1. The molecule has 12 heavy (non-hydrogen) atoms. The molecule has 0 aliphatic heterocycles. The van der Waals surface area contributed by atoms with Crippen molar-refractivity contribution in [1.29, 1.82) is 0 Å². The maximum atomic E-state index is 12.6. The molecule has 3 N–H and O–H groups in total. The Balaban J connectivity index is 0.00000121. The van der Waals surface area contributed by atoms with Crippen molar-refractivity contribution in [2.24, 2.45) is 5.73 Å². The summed E-state index contributed by atoms with van der Waals surface area (Å²) in [7, 11) is 0. The lowest BCUT2D eigenvalue weighted by Crippen LogP contribution is -1.97. The van der Waals surface area contributed by atoms with Crippen LogP contribution in [0.25, 0.3) is 0 Å². The molecule has 0 aliphatic carbocycles. The minimum absolute atomic E-state index is 0. The molecule has 0 spiro atoms. The fourth-order valence-electron chi connectivity index (χ4n) is 0.775. The molecule has 1 aromatic rings. The molecule has 0 radical (unpaired) electrons. The number of phenolic OH excluding ortho intramolecular Hbond substituents is 1. The third kappa shape index (κ3) is 2.24. The van der Waals surface area contributed by atoms with Gasteiger partial charge >= 0.3 is 0 Å². The molecule has 0 unspecified atom stereocenters. The third-order valence-corrected chi connectivity index (χ3v) is 1.55. The van der Waals surface area contributed by atoms with E-state index >= 15 is 0 Å². The third-order valence-electron chi connectivity index (χ3n) is 1.33. The molecule has 0 heterocycles. The van der Waals surface area contributed by atoms with Gasteiger partial charge in [0.2, 0.25) is 0 Å². The smallest absolute Gasteiger partial charge is 0.166 e. The SMILES string of the molecule is Cl.NCc1cc(Cl)cc(F)c1O. The molecule has 68 valence electrons. The van der Waals surface area contributed by atoms with Crippen molar-refractivity contribution in [3.63, 3.8) is 0 Å². The Hall–Kier alpha value is -0.510. The number of hydrogen-bond donors (Lipinski definition) is 2. The number of phenols is 1. The Kier molecular flexibility index (Phi) is 4.31. The Labute approximate surface area is 80.6 Å². The van der Waals surface area contributed by atoms with E-state index in [1.54, 1.807) is 0 Å². The summed E-state index contributed by atoms with van der Waals surface area (Å²) in [4.78, 5) is 0. The van der Waals surface area contributed by atoms with Crippen LogP contribution in [0.3, 0.4) is 0 Å². The molecule has 0 saturated heterocycles. The van der Waals surface area contributed by atoms with Crippen LogP contribution in [0.15, 0.2) is 12.1 Å². The molecule has 0 saturated carbocycles. The fourth-order valence-corrected chi connectivity index (χ4v) is 1.00. The minimum Gasteiger partial charge on any atom is -0.505 e. The van der Waals surface area contributed by atoms with E-state index < -0.39 is 11.6 Å². The zero-order valence-electron chi connectivity index (χ0n) is 6.05. The molecule has 1 rings (SSSR count). The molecule has 5 heteroatoms. The van der Waals surface area contributed by atoms with Crippen LogP contribution in [0.2, 0.25) is 5.02 Å². The van der Waals surface area contributed by atoms with Crippen molar-refractivity contribution < 1.29 is 9.50 Å². The van der Waals surface area contributed by atoms with Crippen LogP contribution in [-0.4, -0.2) is 5.11 Å². The highest BCUT2D eigenvalue weighted by molar-refractivity contribution is 6.30. The maximum Gasteiger partial charge on any atom is 0.166 e. The predicted molar refractivity (Wildman–Crippen MR) is 48.2 cm³/mol. The van der Waals surface area contributed by atoms with Crippen LogP contribution in [0.4, 0.5) is 4.39 Å². The monoisotopic (exact) mass is 211 g/mol. The zero-order chi connectivity index (χ0) is 8.43. The van der Waals surface area contributed by atoms with E-state index in [0.29, 0.717) is 5.56 Å². The van der Waals surface area contributed by atoms with Crippen molar-refractivity contribution in [2.45, 2.75) is 6.54 Å². The lowest BCUT2D eigenvalue weighted by molar-refractivity contribution is 0.426. The highest BCUT2D eigenvalue weighted by atomic mass is 35.5. The Morgan fingerprint density at radius 3 is 2.58 bits per heavy atom. The van der Waals surface area contributed by atoms with Crippen molar-refractivity contribution in [2.75, 3.05) is 0 Å². The van der Waals surface area contributed by atoms with Crippen molar-refractivity contribution in [3.05, 3.63) is 28.5 Å². The first kappa shape index (κ1) is 11.5. The maximum absolute atomic E-state index is 12.6. The topological polar surface area (TPSA) is 46.2 Å². The average Bonchev–Trinajstić information content (AvgIpc) is 1.96. The van der Waals surface area contributed by atoms with Crippen LogP contribution in [0.1, 0.15) is 5.56 Å². The van der Waals surface area contributed by atoms with Crippen LogP contribution in [-0.2, 0) is 6.54 Å². The van der Waals surface area contributed by atoms with Crippen LogP contribution in [0, 0.1) is 5.82 Å². The van der Waals surface area contributed by atoms with Crippen LogP contribution in [0.5, 0.6) is 5.75 Å². The van der Waals surface area contributed by atoms with E-state index in [2.05, 4.69) is 0 Å². The van der Waals surface area contributed by atoms with E-state index in [-0.39, 0.29) is 24.0 Å². The van der Waals surface area contributed by atoms with Crippen molar-refractivity contribution in [1.82, 2.24) is 0 Å². The van der Waals surface area contributed by atoms with Crippen LogP contribution >= 0.6 is 24.0 Å². The first-order valence-electron chi connectivity index (χ1n) is 3.02. The van der Waals surface area contributed by atoms with Crippen molar-refractivity contribution in [3.8, 4) is 5.75 Å². The van der Waals surface area contributed by atoms with E-state index in [9.17, 15) is 4.39 Å². The van der Waals surface area contributed by atoms with E-state index in [0.717, 1.165) is 6.07 Å². The number of nitrogens with two attached hydrogens (primary N) is 1. The molecule has 0 aromatic heterocycles. The Bertz CT molecular complexity index is 280. The quantitative estimate of drug-likeness (QED) is 0.748. The van der Waals surface area contributed by atoms with Gasteiger partial charge in [-0.3, -0.25) is 0 Å². The Morgan fingerprint density at radius 2 is 2.08 bits per heavy atom. The molecule has 0 fully saturated rings. The second kappa shape index (κ2) is 4.50. The van der Waals surface area contributed by atoms with Gasteiger partial charge in [0, 0.05) is 17.1 Å². The zero-order valence-corrected chi connectivity index (χ0v) is 7.62. The van der Waals surface area contributed by atoms with Gasteiger partial charge in [-0.1, -0.05) is 11.6 Å². The molecule has 0 amide bonds. The summed E-state index contributed by atoms with van der Waals surface area (Å²) < 4.78 is 12.6. The highest BCUT2D eigenvalue weighted by Crippen LogP contribution is 2.24. The molecule has 2 nitrogen and oxygen atoms in total. The number of benzene rings is 1. The molecule has 0 bridgehead atoms. The minimum atomic E-state index is -0.738. The Morgan fingerprint density at radius 1 is 1.50 bits per heavy atom. The first-order valence-corrected chi connectivity index (χ1v) is 3.40. The van der Waals surface area contributed by atoms with E-state index in [1.165, 1.54) is 6.07 Å². The predicted octanol–water partition coefficient (Wildman–Crippen LogP) is 2.07. The first-order chi connectivity index (χ1) is 5.15. The number of rotatable bonds is 1. The van der Waals surface area contributed by atoms with E-state index in [4.69, 9.17) is 22.4 Å². The van der Waals surface area contributed by atoms with Gasteiger partial charge in [-0.05, 0) is 12.1 Å². The summed E-state index contributed by atoms with van der Waals surface area (Å²) in [6, 6.07) is 2.47. The van der Waals surface area contributed by atoms with Crippen LogP contribution < -0.4 is 5.73 Å². The second-order valence-corrected chi connectivity index (χ2v) is 2.54. The van der Waals surface area contributed by atoms with Gasteiger partial charge in [-0.25, -0.2) is 4.39 Å². The molecule has 1 aromatic carbocycles. The van der Waals surface area contributed by atoms with Gasteiger partial charge < -0.3 is 10.8 Å². The molecule has 0 aliphatic rings.